The van der Waals surface area contributed by atoms with E-state index in [1.165, 1.54) is 4.88 Å². The van der Waals surface area contributed by atoms with E-state index in [0.717, 1.165) is 22.5 Å². The third-order valence-electron chi connectivity index (χ3n) is 2.87. The number of nitrogens with two attached hydrogens (primary N) is 1. The van der Waals surface area contributed by atoms with Gasteiger partial charge in [0.1, 0.15) is 10.6 Å². The molecule has 2 heterocycles. The molecule has 104 valence electrons. The van der Waals surface area contributed by atoms with Gasteiger partial charge in [-0.3, -0.25) is 5.43 Å². The second-order valence-corrected chi connectivity index (χ2v) is 5.50. The van der Waals surface area contributed by atoms with E-state index in [4.69, 9.17) is 10.9 Å². The number of nitrogens with one attached hydrogen (secondary N) is 2. The van der Waals surface area contributed by atoms with Crippen molar-refractivity contribution in [3.05, 3.63) is 10.9 Å². The number of aliphatic hydroxyl groups is 1. The number of hydrogen-bond donors (Lipinski definition) is 4. The number of rotatable bonds is 6. The molecule has 19 heavy (non-hydrogen) atoms. The Morgan fingerprint density at radius 3 is 2.89 bits per heavy atom. The highest BCUT2D eigenvalue weighted by Gasteiger charge is 2.12. The van der Waals surface area contributed by atoms with E-state index in [1.54, 1.807) is 11.3 Å². The van der Waals surface area contributed by atoms with Crippen LogP contribution < -0.4 is 16.6 Å². The first-order valence-electron chi connectivity index (χ1n) is 6.32. The Morgan fingerprint density at radius 2 is 2.26 bits per heavy atom. The summed E-state index contributed by atoms with van der Waals surface area (Å²) >= 11 is 1.65. The number of fused-ring (bicyclic) bond motifs is 1. The maximum absolute atomic E-state index is 8.97. The molecule has 0 aliphatic heterocycles. The standard InChI is InChI=1S/C12H19N5OS/c1-3-8-6-9-10(14-7(2)4-5-18)15-12(17-13)16-11(9)19-8/h6-7,18H,3-5,13H2,1-2H3,(H2,14,15,16,17). The van der Waals surface area contributed by atoms with Crippen LogP contribution in [0.25, 0.3) is 10.2 Å². The zero-order chi connectivity index (χ0) is 13.8. The second-order valence-electron chi connectivity index (χ2n) is 4.38. The summed E-state index contributed by atoms with van der Waals surface area (Å²) in [6.45, 7) is 4.27. The highest BCUT2D eigenvalue weighted by atomic mass is 32.1. The molecular weight excluding hydrogens is 262 g/mol. The van der Waals surface area contributed by atoms with E-state index in [2.05, 4.69) is 33.7 Å². The molecule has 5 N–H and O–H groups in total. The van der Waals surface area contributed by atoms with Gasteiger partial charge in [-0.05, 0) is 25.8 Å². The van der Waals surface area contributed by atoms with Gasteiger partial charge in [-0.2, -0.15) is 4.98 Å². The molecule has 2 aromatic rings. The maximum Gasteiger partial charge on any atom is 0.240 e. The molecule has 0 saturated heterocycles. The number of nitrogen functional groups attached to an aromatic ring is 1. The van der Waals surface area contributed by atoms with Gasteiger partial charge in [0.25, 0.3) is 0 Å². The number of aromatic nitrogens is 2. The fraction of sp³-hybridized carbons (Fsp3) is 0.500. The van der Waals surface area contributed by atoms with Crippen LogP contribution >= 0.6 is 11.3 Å². The van der Waals surface area contributed by atoms with Crippen LogP contribution in [0.1, 0.15) is 25.1 Å². The first kappa shape index (κ1) is 14.0. The number of hydrogen-bond acceptors (Lipinski definition) is 7. The van der Waals surface area contributed by atoms with E-state index < -0.39 is 0 Å². The van der Waals surface area contributed by atoms with Gasteiger partial charge in [0.15, 0.2) is 0 Å². The number of nitrogens with zero attached hydrogens (tertiary/aromatic N) is 2. The van der Waals surface area contributed by atoms with E-state index in [0.29, 0.717) is 12.4 Å². The van der Waals surface area contributed by atoms with Crippen molar-refractivity contribution >= 4 is 33.3 Å². The molecule has 1 unspecified atom stereocenters. The van der Waals surface area contributed by atoms with E-state index >= 15 is 0 Å². The van der Waals surface area contributed by atoms with Crippen molar-refractivity contribution in [1.82, 2.24) is 9.97 Å². The zero-order valence-electron chi connectivity index (χ0n) is 11.1. The fourth-order valence-corrected chi connectivity index (χ4v) is 2.79. The van der Waals surface area contributed by atoms with Gasteiger partial charge < -0.3 is 10.4 Å². The lowest BCUT2D eigenvalue weighted by Crippen LogP contribution is -2.19. The molecule has 0 bridgehead atoms. The Balaban J connectivity index is 2.41. The van der Waals surface area contributed by atoms with Gasteiger partial charge in [-0.1, -0.05) is 6.92 Å². The van der Waals surface area contributed by atoms with Crippen LogP contribution in [0.5, 0.6) is 0 Å². The number of hydrazine groups is 1. The summed E-state index contributed by atoms with van der Waals surface area (Å²) in [7, 11) is 0. The van der Waals surface area contributed by atoms with Crippen molar-refractivity contribution in [3.63, 3.8) is 0 Å². The Bertz CT molecular complexity index is 556. The summed E-state index contributed by atoms with van der Waals surface area (Å²) in [5.41, 5.74) is 2.49. The highest BCUT2D eigenvalue weighted by molar-refractivity contribution is 7.18. The van der Waals surface area contributed by atoms with E-state index in [-0.39, 0.29) is 12.6 Å². The van der Waals surface area contributed by atoms with Crippen molar-refractivity contribution in [3.8, 4) is 0 Å². The smallest absolute Gasteiger partial charge is 0.240 e. The predicted molar refractivity (Wildman–Crippen MR) is 79.4 cm³/mol. The van der Waals surface area contributed by atoms with Gasteiger partial charge in [-0.25, -0.2) is 10.8 Å². The Kier molecular flexibility index (Phi) is 4.52. The Hall–Kier alpha value is -1.44. The Labute approximate surface area is 116 Å². The minimum atomic E-state index is 0.138. The minimum absolute atomic E-state index is 0.138. The molecule has 0 aliphatic rings. The second kappa shape index (κ2) is 6.14. The first-order valence-corrected chi connectivity index (χ1v) is 7.14. The molecule has 6 nitrogen and oxygen atoms in total. The number of aryl methyl sites for hydroxylation is 1. The summed E-state index contributed by atoms with van der Waals surface area (Å²) in [5.74, 6) is 6.56. The monoisotopic (exact) mass is 281 g/mol. The lowest BCUT2D eigenvalue weighted by atomic mass is 10.2. The molecule has 0 saturated carbocycles. The average Bonchev–Trinajstić information content (AvgIpc) is 2.82. The molecule has 0 spiro atoms. The first-order chi connectivity index (χ1) is 9.17. The molecule has 0 amide bonds. The lowest BCUT2D eigenvalue weighted by Gasteiger charge is -2.14. The maximum atomic E-state index is 8.97. The molecule has 7 heteroatoms. The highest BCUT2D eigenvalue weighted by Crippen LogP contribution is 2.30. The minimum Gasteiger partial charge on any atom is -0.396 e. The molecule has 2 rings (SSSR count). The molecule has 2 aromatic heterocycles. The van der Waals surface area contributed by atoms with Crippen LogP contribution in [0.4, 0.5) is 11.8 Å². The number of thiophene rings is 1. The van der Waals surface area contributed by atoms with Crippen molar-refractivity contribution in [1.29, 1.82) is 0 Å². The van der Waals surface area contributed by atoms with Crippen LogP contribution in [0.15, 0.2) is 6.07 Å². The van der Waals surface area contributed by atoms with E-state index in [1.807, 2.05) is 6.92 Å². The average molecular weight is 281 g/mol. The molecule has 0 radical (unpaired) electrons. The normalized spacial score (nSPS) is 12.6. The molecule has 0 fully saturated rings. The van der Waals surface area contributed by atoms with Crippen LogP contribution in [0, 0.1) is 0 Å². The third kappa shape index (κ3) is 3.12. The van der Waals surface area contributed by atoms with Crippen molar-refractivity contribution in [2.45, 2.75) is 32.7 Å². The summed E-state index contributed by atoms with van der Waals surface area (Å²) in [5, 5.41) is 13.3. The van der Waals surface area contributed by atoms with Crippen molar-refractivity contribution in [2.75, 3.05) is 17.3 Å². The summed E-state index contributed by atoms with van der Waals surface area (Å²) in [4.78, 5) is 10.9. The Morgan fingerprint density at radius 1 is 1.47 bits per heavy atom. The van der Waals surface area contributed by atoms with E-state index in [9.17, 15) is 0 Å². The van der Waals surface area contributed by atoms with Crippen molar-refractivity contribution in [2.24, 2.45) is 5.84 Å². The quantitative estimate of drug-likeness (QED) is 0.475. The van der Waals surface area contributed by atoms with Crippen LogP contribution in [0.3, 0.4) is 0 Å². The zero-order valence-corrected chi connectivity index (χ0v) is 11.9. The number of anilines is 2. The van der Waals surface area contributed by atoms with Gasteiger partial charge in [0, 0.05) is 17.5 Å². The van der Waals surface area contributed by atoms with Gasteiger partial charge in [-0.15, -0.1) is 11.3 Å². The largest absolute Gasteiger partial charge is 0.396 e. The fourth-order valence-electron chi connectivity index (χ4n) is 1.82. The molecular formula is C12H19N5OS. The summed E-state index contributed by atoms with van der Waals surface area (Å²) in [6, 6.07) is 2.24. The molecule has 0 aromatic carbocycles. The summed E-state index contributed by atoms with van der Waals surface area (Å²) in [6.07, 6.45) is 1.64. The SMILES string of the molecule is CCc1cc2c(NC(C)CCO)nc(NN)nc2s1. The topological polar surface area (TPSA) is 96.1 Å². The molecule has 0 aliphatic carbocycles. The van der Waals surface area contributed by atoms with Crippen LogP contribution in [-0.2, 0) is 6.42 Å². The number of aliphatic hydroxyl groups excluding tert-OH is 1. The molecule has 1 atom stereocenters. The predicted octanol–water partition coefficient (Wildman–Crippen LogP) is 1.72. The van der Waals surface area contributed by atoms with Crippen LogP contribution in [0.2, 0.25) is 0 Å². The van der Waals surface area contributed by atoms with Crippen LogP contribution in [-0.4, -0.2) is 27.7 Å². The van der Waals surface area contributed by atoms with Crippen molar-refractivity contribution < 1.29 is 5.11 Å². The summed E-state index contributed by atoms with van der Waals surface area (Å²) < 4.78 is 0. The van der Waals surface area contributed by atoms with Gasteiger partial charge >= 0.3 is 0 Å². The third-order valence-corrected chi connectivity index (χ3v) is 4.04. The lowest BCUT2D eigenvalue weighted by molar-refractivity contribution is 0.282. The van der Waals surface area contributed by atoms with Gasteiger partial charge in [0.2, 0.25) is 5.95 Å². The van der Waals surface area contributed by atoms with Gasteiger partial charge in [0.05, 0.1) is 5.39 Å².